The average molecular weight is 732 g/mol. The van der Waals surface area contributed by atoms with Crippen LogP contribution in [0.1, 0.15) is 136 Å². The van der Waals surface area contributed by atoms with Gasteiger partial charge in [0.25, 0.3) is 0 Å². The highest BCUT2D eigenvalue weighted by Gasteiger charge is 2.60. The monoisotopic (exact) mass is 731 g/mol. The van der Waals surface area contributed by atoms with Crippen LogP contribution in [-0.4, -0.2) is 114 Å². The van der Waals surface area contributed by atoms with Crippen LogP contribution < -0.4 is 16.5 Å². The van der Waals surface area contributed by atoms with E-state index in [0.29, 0.717) is 35.6 Å². The van der Waals surface area contributed by atoms with Crippen molar-refractivity contribution in [2.45, 2.75) is 147 Å². The highest BCUT2D eigenvalue weighted by molar-refractivity contribution is 5.95. The maximum absolute atomic E-state index is 13.9. The molecular formula is C34H61N5O12. The second kappa shape index (κ2) is 26.2. The number of amides is 2. The molecule has 1 atom stereocenters. The predicted molar refractivity (Wildman–Crippen MR) is 186 cm³/mol. The molecule has 0 saturated heterocycles. The van der Waals surface area contributed by atoms with Gasteiger partial charge in [-0.2, -0.15) is 0 Å². The first-order chi connectivity index (χ1) is 24.1. The number of nitrogens with two attached hydrogens (primary N) is 1. The number of nitrogens with zero attached hydrogens (tertiary/aromatic N) is 2. The van der Waals surface area contributed by atoms with Crippen molar-refractivity contribution < 1.29 is 59.1 Å². The first kappa shape index (κ1) is 47.3. The molecule has 0 saturated carbocycles. The SMILES string of the molecule is CCCCCCCCCC(=O)N(NC(CC(=O)O)(NCCN)C(CC(=O)O)(CC(=O)O)N(CC(=O)O)CC(=O)O)C(=O)CCCCCCCCC. The molecule has 0 aliphatic heterocycles. The summed E-state index contributed by atoms with van der Waals surface area (Å²) in [5.41, 5.74) is 2.93. The quantitative estimate of drug-likeness (QED) is 0.0274. The predicted octanol–water partition coefficient (Wildman–Crippen LogP) is 3.01. The van der Waals surface area contributed by atoms with Crippen molar-refractivity contribution in [1.82, 2.24) is 20.7 Å². The Morgan fingerprint density at radius 1 is 0.549 bits per heavy atom. The van der Waals surface area contributed by atoms with Crippen LogP contribution in [0.4, 0.5) is 0 Å². The molecule has 0 aliphatic carbocycles. The largest absolute Gasteiger partial charge is 0.481 e. The minimum atomic E-state index is -2.73. The third-order valence-corrected chi connectivity index (χ3v) is 8.72. The third kappa shape index (κ3) is 18.4. The molecule has 17 nitrogen and oxygen atoms in total. The van der Waals surface area contributed by atoms with Crippen LogP contribution in [0.5, 0.6) is 0 Å². The molecule has 0 bridgehead atoms. The number of hydrogen-bond donors (Lipinski definition) is 8. The van der Waals surface area contributed by atoms with Crippen molar-refractivity contribution in [3.63, 3.8) is 0 Å². The zero-order valence-electron chi connectivity index (χ0n) is 30.3. The van der Waals surface area contributed by atoms with Gasteiger partial charge in [-0.3, -0.25) is 43.8 Å². The molecule has 0 aromatic heterocycles. The van der Waals surface area contributed by atoms with Crippen molar-refractivity contribution in [3.8, 4) is 0 Å². The maximum Gasteiger partial charge on any atom is 0.317 e. The van der Waals surface area contributed by atoms with E-state index in [2.05, 4.69) is 24.6 Å². The summed E-state index contributed by atoms with van der Waals surface area (Å²) in [6, 6.07) is 0. The molecule has 0 rings (SSSR count). The van der Waals surface area contributed by atoms with Gasteiger partial charge in [0.05, 0.1) is 37.9 Å². The van der Waals surface area contributed by atoms with E-state index >= 15 is 0 Å². The third-order valence-electron chi connectivity index (χ3n) is 8.72. The van der Waals surface area contributed by atoms with Crippen LogP contribution in [0.2, 0.25) is 0 Å². The van der Waals surface area contributed by atoms with Gasteiger partial charge in [-0.1, -0.05) is 90.9 Å². The number of aliphatic carboxylic acids is 5. The van der Waals surface area contributed by atoms with Crippen LogP contribution in [0.15, 0.2) is 0 Å². The van der Waals surface area contributed by atoms with Gasteiger partial charge in [-0.25, -0.2) is 10.4 Å². The van der Waals surface area contributed by atoms with Gasteiger partial charge in [0.15, 0.2) is 0 Å². The van der Waals surface area contributed by atoms with Gasteiger partial charge in [0.1, 0.15) is 5.66 Å². The number of imide groups is 1. The van der Waals surface area contributed by atoms with Crippen molar-refractivity contribution in [3.05, 3.63) is 0 Å². The smallest absolute Gasteiger partial charge is 0.317 e. The summed E-state index contributed by atoms with van der Waals surface area (Å²) in [6.45, 7) is 1.10. The van der Waals surface area contributed by atoms with Crippen LogP contribution in [0.25, 0.3) is 0 Å². The lowest BCUT2D eigenvalue weighted by Crippen LogP contribution is -2.81. The number of carboxylic acids is 5. The second-order valence-electron chi connectivity index (χ2n) is 13.0. The average Bonchev–Trinajstić information content (AvgIpc) is 3.03. The van der Waals surface area contributed by atoms with Crippen LogP contribution in [0, 0.1) is 0 Å². The molecular weight excluding hydrogens is 670 g/mol. The van der Waals surface area contributed by atoms with E-state index in [0.717, 1.165) is 64.2 Å². The van der Waals surface area contributed by atoms with Gasteiger partial charge < -0.3 is 31.3 Å². The van der Waals surface area contributed by atoms with E-state index in [4.69, 9.17) is 5.73 Å². The van der Waals surface area contributed by atoms with Gasteiger partial charge in [-0.15, -0.1) is 0 Å². The minimum Gasteiger partial charge on any atom is -0.481 e. The molecule has 0 fully saturated rings. The van der Waals surface area contributed by atoms with Gasteiger partial charge in [-0.05, 0) is 12.8 Å². The zero-order chi connectivity index (χ0) is 38.9. The van der Waals surface area contributed by atoms with E-state index in [1.54, 1.807) is 0 Å². The zero-order valence-corrected chi connectivity index (χ0v) is 30.3. The molecule has 9 N–H and O–H groups in total. The molecule has 51 heavy (non-hydrogen) atoms. The Labute approximate surface area is 300 Å². The van der Waals surface area contributed by atoms with Crippen LogP contribution in [0.3, 0.4) is 0 Å². The highest BCUT2D eigenvalue weighted by atomic mass is 16.4. The number of hydrogen-bond acceptors (Lipinski definition) is 11. The number of hydrazine groups is 1. The number of carbonyl (C=O) groups excluding carboxylic acids is 2. The maximum atomic E-state index is 13.9. The molecule has 0 aromatic carbocycles. The molecule has 0 heterocycles. The van der Waals surface area contributed by atoms with Gasteiger partial charge in [0, 0.05) is 25.9 Å². The molecule has 294 valence electrons. The standard InChI is InChI=1S/C34H61N5O12/c1-3-5-7-9-11-13-15-17-26(40)39(27(41)18-16-14-12-10-8-6-4-2)37-34(23-30(46)47,36-20-19-35)33(21-28(42)43,22-29(44)45)38(24-31(48)49)25-32(50)51/h36-37H,3-25,35H2,1-2H3,(H,42,43)(H,44,45)(H,46,47)(H,48,49)(H,50,51). The minimum absolute atomic E-state index is 0.178. The Kier molecular flexibility index (Phi) is 24.3. The Hall–Kier alpha value is -3.67. The first-order valence-electron chi connectivity index (χ1n) is 18.0. The lowest BCUT2D eigenvalue weighted by Gasteiger charge is -2.55. The Morgan fingerprint density at radius 2 is 0.922 bits per heavy atom. The van der Waals surface area contributed by atoms with Crippen LogP contribution in [-0.2, 0) is 33.6 Å². The fraction of sp³-hybridized carbons (Fsp3) is 0.794. The molecule has 0 radical (unpaired) electrons. The molecule has 2 amide bonds. The second-order valence-corrected chi connectivity index (χ2v) is 13.0. The summed E-state index contributed by atoms with van der Waals surface area (Å²) in [6.07, 6.45) is 7.64. The van der Waals surface area contributed by atoms with E-state index in [1.165, 1.54) is 0 Å². The summed E-state index contributed by atoms with van der Waals surface area (Å²) >= 11 is 0. The molecule has 17 heteroatoms. The Bertz CT molecular complexity index is 1060. The normalized spacial score (nSPS) is 12.7. The number of carbonyl (C=O) groups is 7. The fourth-order valence-electron chi connectivity index (χ4n) is 6.28. The van der Waals surface area contributed by atoms with E-state index in [1.807, 2.05) is 0 Å². The van der Waals surface area contributed by atoms with Crippen molar-refractivity contribution in [2.24, 2.45) is 5.73 Å². The lowest BCUT2D eigenvalue weighted by atomic mass is 9.74. The topological polar surface area (TPSA) is 277 Å². The molecule has 0 aliphatic rings. The van der Waals surface area contributed by atoms with Gasteiger partial charge in [0.2, 0.25) is 11.8 Å². The first-order valence-corrected chi connectivity index (χ1v) is 18.0. The van der Waals surface area contributed by atoms with Crippen LogP contribution >= 0.6 is 0 Å². The number of unbranched alkanes of at least 4 members (excludes halogenated alkanes) is 12. The molecule has 1 unspecified atom stereocenters. The number of nitrogens with one attached hydrogen (secondary N) is 2. The fourth-order valence-corrected chi connectivity index (χ4v) is 6.28. The van der Waals surface area contributed by atoms with Crippen molar-refractivity contribution >= 4 is 41.7 Å². The summed E-state index contributed by atoms with van der Waals surface area (Å²) < 4.78 is 0. The number of rotatable bonds is 33. The van der Waals surface area contributed by atoms with E-state index in [-0.39, 0.29) is 25.9 Å². The molecule has 0 aromatic rings. The molecule has 0 spiro atoms. The van der Waals surface area contributed by atoms with E-state index in [9.17, 15) is 59.1 Å². The summed E-state index contributed by atoms with van der Waals surface area (Å²) in [4.78, 5) is 89.9. The lowest BCUT2D eigenvalue weighted by molar-refractivity contribution is -0.173. The van der Waals surface area contributed by atoms with Crippen molar-refractivity contribution in [2.75, 3.05) is 26.2 Å². The summed E-state index contributed by atoms with van der Waals surface area (Å²) in [5.74, 6) is -10.1. The number of carboxylic acid groups (broad SMARTS) is 5. The summed E-state index contributed by atoms with van der Waals surface area (Å²) in [5, 5.41) is 53.2. The van der Waals surface area contributed by atoms with Gasteiger partial charge >= 0.3 is 29.8 Å². The summed E-state index contributed by atoms with van der Waals surface area (Å²) in [7, 11) is 0. The Morgan fingerprint density at radius 3 is 1.25 bits per heavy atom. The Balaban J connectivity index is 7.28. The van der Waals surface area contributed by atoms with E-state index < -0.39 is 85.2 Å². The van der Waals surface area contributed by atoms with Crippen molar-refractivity contribution in [1.29, 1.82) is 0 Å². The highest BCUT2D eigenvalue weighted by Crippen LogP contribution is 2.38.